The van der Waals surface area contributed by atoms with E-state index in [0.29, 0.717) is 5.92 Å². The van der Waals surface area contributed by atoms with Crippen LogP contribution in [0.3, 0.4) is 0 Å². The molecule has 1 heterocycles. The molecule has 2 N–H and O–H groups in total. The van der Waals surface area contributed by atoms with Gasteiger partial charge in [-0.05, 0) is 88.3 Å². The van der Waals surface area contributed by atoms with Gasteiger partial charge in [-0.25, -0.2) is 0 Å². The molecular weight excluding hydrogens is 384 g/mol. The van der Waals surface area contributed by atoms with Crippen LogP contribution in [0.15, 0.2) is 27.1 Å². The van der Waals surface area contributed by atoms with E-state index in [4.69, 9.17) is 0 Å². The molecule has 1 aliphatic heterocycles. The van der Waals surface area contributed by atoms with E-state index in [0.717, 1.165) is 47.0 Å². The van der Waals surface area contributed by atoms with Crippen LogP contribution in [-0.4, -0.2) is 19.0 Å². The molecule has 1 saturated heterocycles. The topological polar surface area (TPSA) is 41.1 Å². The van der Waals surface area contributed by atoms with Crippen molar-refractivity contribution in [3.05, 3.63) is 27.1 Å². The van der Waals surface area contributed by atoms with Crippen LogP contribution in [0.1, 0.15) is 26.2 Å². The molecule has 5 heteroatoms. The van der Waals surface area contributed by atoms with Gasteiger partial charge in [-0.15, -0.1) is 0 Å². The molecule has 20 heavy (non-hydrogen) atoms. The van der Waals surface area contributed by atoms with E-state index < -0.39 is 0 Å². The van der Waals surface area contributed by atoms with Gasteiger partial charge in [0.1, 0.15) is 0 Å². The molecule has 2 rings (SSSR count). The van der Waals surface area contributed by atoms with Crippen LogP contribution >= 0.6 is 31.9 Å². The second-order valence-corrected chi connectivity index (χ2v) is 6.93. The Hall–Kier alpha value is -0.390. The molecule has 1 unspecified atom stereocenters. The van der Waals surface area contributed by atoms with E-state index in [1.165, 1.54) is 0 Å². The van der Waals surface area contributed by atoms with Gasteiger partial charge in [-0.3, -0.25) is 4.79 Å². The summed E-state index contributed by atoms with van der Waals surface area (Å²) in [6.07, 6.45) is 3.08. The molecule has 110 valence electrons. The maximum Gasteiger partial charge on any atom is 0.227 e. The monoisotopic (exact) mass is 402 g/mol. The number of hydrogen-bond donors (Lipinski definition) is 2. The number of amides is 1. The Morgan fingerprint density at radius 3 is 2.65 bits per heavy atom. The summed E-state index contributed by atoms with van der Waals surface area (Å²) in [5.74, 6) is 0.758. The van der Waals surface area contributed by atoms with Crippen molar-refractivity contribution in [2.75, 3.05) is 18.4 Å². The fraction of sp³-hybridized carbons (Fsp3) is 0.533. The molecule has 1 atom stereocenters. The van der Waals surface area contributed by atoms with Crippen LogP contribution in [0.25, 0.3) is 0 Å². The average molecular weight is 404 g/mol. The number of benzene rings is 1. The van der Waals surface area contributed by atoms with Crippen LogP contribution in [-0.2, 0) is 4.79 Å². The van der Waals surface area contributed by atoms with Gasteiger partial charge in [-0.1, -0.05) is 6.92 Å². The molecule has 0 radical (unpaired) electrons. The Balaban J connectivity index is 2.02. The standard InChI is InChI=1S/C15H20Br2N2O/c1-2-12(10-5-7-18-8-6-10)15(20)19-11-3-4-13(16)14(17)9-11/h3-4,9-10,12,18H,2,5-8H2,1H3,(H,19,20). The zero-order chi connectivity index (χ0) is 14.5. The summed E-state index contributed by atoms with van der Waals surface area (Å²) in [7, 11) is 0. The van der Waals surface area contributed by atoms with Crippen molar-refractivity contribution >= 4 is 43.5 Å². The van der Waals surface area contributed by atoms with E-state index >= 15 is 0 Å². The SMILES string of the molecule is CCC(C(=O)Nc1ccc(Br)c(Br)c1)C1CCNCC1. The van der Waals surface area contributed by atoms with Gasteiger partial charge in [0.05, 0.1) is 0 Å². The largest absolute Gasteiger partial charge is 0.326 e. The van der Waals surface area contributed by atoms with Crippen molar-refractivity contribution in [3.8, 4) is 0 Å². The van der Waals surface area contributed by atoms with Crippen LogP contribution in [0.2, 0.25) is 0 Å². The highest BCUT2D eigenvalue weighted by Gasteiger charge is 2.27. The lowest BCUT2D eigenvalue weighted by Crippen LogP contribution is -2.36. The summed E-state index contributed by atoms with van der Waals surface area (Å²) < 4.78 is 1.94. The lowest BCUT2D eigenvalue weighted by atomic mass is 9.82. The van der Waals surface area contributed by atoms with Gasteiger partial charge < -0.3 is 10.6 Å². The normalized spacial score (nSPS) is 17.8. The summed E-state index contributed by atoms with van der Waals surface area (Å²) in [5, 5.41) is 6.40. The summed E-state index contributed by atoms with van der Waals surface area (Å²) in [6, 6.07) is 5.78. The van der Waals surface area contributed by atoms with Gasteiger partial charge >= 0.3 is 0 Å². The second-order valence-electron chi connectivity index (χ2n) is 5.22. The minimum atomic E-state index is 0.111. The molecule has 1 aliphatic rings. The van der Waals surface area contributed by atoms with Gasteiger partial charge in [0.2, 0.25) is 5.91 Å². The number of hydrogen-bond acceptors (Lipinski definition) is 2. The van der Waals surface area contributed by atoms with Crippen LogP contribution in [0.5, 0.6) is 0 Å². The van der Waals surface area contributed by atoms with E-state index in [2.05, 4.69) is 49.4 Å². The van der Waals surface area contributed by atoms with E-state index in [9.17, 15) is 4.79 Å². The number of nitrogens with one attached hydrogen (secondary N) is 2. The average Bonchev–Trinajstić information content (AvgIpc) is 2.45. The van der Waals surface area contributed by atoms with Gasteiger partial charge in [0, 0.05) is 20.6 Å². The number of halogens is 2. The molecule has 0 aliphatic carbocycles. The summed E-state index contributed by atoms with van der Waals surface area (Å²) in [4.78, 5) is 12.5. The van der Waals surface area contributed by atoms with Crippen molar-refractivity contribution < 1.29 is 4.79 Å². The highest BCUT2D eigenvalue weighted by atomic mass is 79.9. The van der Waals surface area contributed by atoms with Gasteiger partial charge in [0.25, 0.3) is 0 Å². The van der Waals surface area contributed by atoms with Crippen LogP contribution in [0.4, 0.5) is 5.69 Å². The Morgan fingerprint density at radius 1 is 1.35 bits per heavy atom. The Labute approximate surface area is 137 Å². The molecule has 1 amide bonds. The highest BCUT2D eigenvalue weighted by molar-refractivity contribution is 9.13. The first-order valence-electron chi connectivity index (χ1n) is 7.08. The Bertz CT molecular complexity index is 473. The van der Waals surface area contributed by atoms with Crippen LogP contribution in [0, 0.1) is 11.8 Å². The minimum absolute atomic E-state index is 0.111. The molecule has 3 nitrogen and oxygen atoms in total. The smallest absolute Gasteiger partial charge is 0.227 e. The zero-order valence-electron chi connectivity index (χ0n) is 11.6. The first kappa shape index (κ1) is 16.0. The molecular formula is C15H20Br2N2O. The van der Waals surface area contributed by atoms with Crippen molar-refractivity contribution in [2.24, 2.45) is 11.8 Å². The summed E-state index contributed by atoms with van der Waals surface area (Å²) in [5.41, 5.74) is 0.845. The van der Waals surface area contributed by atoms with Crippen molar-refractivity contribution in [1.82, 2.24) is 5.32 Å². The molecule has 1 fully saturated rings. The third kappa shape index (κ3) is 4.06. The van der Waals surface area contributed by atoms with Crippen LogP contribution < -0.4 is 10.6 Å². The third-order valence-electron chi connectivity index (χ3n) is 3.92. The molecule has 1 aromatic carbocycles. The van der Waals surface area contributed by atoms with Gasteiger partial charge in [-0.2, -0.15) is 0 Å². The predicted molar refractivity (Wildman–Crippen MR) is 89.8 cm³/mol. The zero-order valence-corrected chi connectivity index (χ0v) is 14.8. The fourth-order valence-corrected chi connectivity index (χ4v) is 3.41. The first-order valence-corrected chi connectivity index (χ1v) is 8.67. The Kier molecular flexibility index (Phi) is 6.05. The minimum Gasteiger partial charge on any atom is -0.326 e. The van der Waals surface area contributed by atoms with Crippen molar-refractivity contribution in [1.29, 1.82) is 0 Å². The highest BCUT2D eigenvalue weighted by Crippen LogP contribution is 2.29. The maximum absolute atomic E-state index is 12.5. The number of carbonyl (C=O) groups excluding carboxylic acids is 1. The predicted octanol–water partition coefficient (Wildman–Crippen LogP) is 4.18. The summed E-state index contributed by atoms with van der Waals surface area (Å²) >= 11 is 6.89. The molecule has 1 aromatic rings. The van der Waals surface area contributed by atoms with E-state index in [1.54, 1.807) is 0 Å². The lowest BCUT2D eigenvalue weighted by molar-refractivity contribution is -0.121. The van der Waals surface area contributed by atoms with Crippen molar-refractivity contribution in [3.63, 3.8) is 0 Å². The van der Waals surface area contributed by atoms with E-state index in [-0.39, 0.29) is 11.8 Å². The van der Waals surface area contributed by atoms with Gasteiger partial charge in [0.15, 0.2) is 0 Å². The first-order chi connectivity index (χ1) is 9.61. The lowest BCUT2D eigenvalue weighted by Gasteiger charge is -2.29. The molecule has 0 aromatic heterocycles. The third-order valence-corrected chi connectivity index (χ3v) is 5.80. The van der Waals surface area contributed by atoms with Crippen molar-refractivity contribution in [2.45, 2.75) is 26.2 Å². The quantitative estimate of drug-likeness (QED) is 0.791. The number of rotatable bonds is 4. The fourth-order valence-electron chi connectivity index (χ4n) is 2.79. The van der Waals surface area contributed by atoms with E-state index in [1.807, 2.05) is 18.2 Å². The number of carbonyl (C=O) groups is 1. The number of anilines is 1. The summed E-state index contributed by atoms with van der Waals surface area (Å²) in [6.45, 7) is 4.15. The Morgan fingerprint density at radius 2 is 2.05 bits per heavy atom. The molecule has 0 spiro atoms. The second kappa shape index (κ2) is 7.57. The maximum atomic E-state index is 12.5. The number of piperidine rings is 1. The molecule has 0 bridgehead atoms. The molecule has 0 saturated carbocycles.